The van der Waals surface area contributed by atoms with Crippen molar-refractivity contribution in [1.29, 1.82) is 0 Å². The number of aliphatic hydroxyl groups is 1. The number of pyridine rings is 2. The van der Waals surface area contributed by atoms with E-state index < -0.39 is 18.0 Å². The molecule has 1 saturated heterocycles. The van der Waals surface area contributed by atoms with Crippen molar-refractivity contribution in [3.05, 3.63) is 110 Å². The smallest absolute Gasteiger partial charge is 0.282 e. The van der Waals surface area contributed by atoms with Crippen molar-refractivity contribution in [3.8, 4) is 16.8 Å². The minimum atomic E-state index is -0.643. The fraction of sp³-hybridized carbons (Fsp3) is 0.314. The zero-order chi connectivity index (χ0) is 33.7. The van der Waals surface area contributed by atoms with E-state index in [9.17, 15) is 19.9 Å². The van der Waals surface area contributed by atoms with Gasteiger partial charge in [-0.2, -0.15) is 9.78 Å². The number of aromatic nitrogens is 4. The highest BCUT2D eigenvalue weighted by Gasteiger charge is 2.23. The third-order valence-electron chi connectivity index (χ3n) is 8.80. The number of quaternary nitrogens is 1. The number of fused-ring (bicyclic) bond motifs is 1. The van der Waals surface area contributed by atoms with E-state index in [1.54, 1.807) is 62.9 Å². The van der Waals surface area contributed by atoms with E-state index in [0.717, 1.165) is 15.9 Å². The molecule has 1 fully saturated rings. The number of aliphatic hydroxyl groups excluding tert-OH is 1. The number of hydrogen-bond donors (Lipinski definition) is 2. The van der Waals surface area contributed by atoms with Gasteiger partial charge in [0.1, 0.15) is 17.3 Å². The first-order chi connectivity index (χ1) is 22.3. The van der Waals surface area contributed by atoms with Crippen LogP contribution in [0.4, 0.5) is 21.6 Å². The lowest BCUT2D eigenvalue weighted by Crippen LogP contribution is -2.53. The van der Waals surface area contributed by atoms with Gasteiger partial charge in [0, 0.05) is 29.8 Å². The molecule has 0 unspecified atom stereocenters. The van der Waals surface area contributed by atoms with Crippen LogP contribution in [-0.2, 0) is 19.1 Å². The van der Waals surface area contributed by atoms with E-state index in [4.69, 9.17) is 0 Å². The average molecular weight is 640 g/mol. The van der Waals surface area contributed by atoms with Crippen molar-refractivity contribution in [2.24, 2.45) is 7.05 Å². The number of rotatable bonds is 6. The number of nitrogens with one attached hydrogen (secondary N) is 1. The molecule has 2 aromatic carbocycles. The highest BCUT2D eigenvalue weighted by molar-refractivity contribution is 5.83. The van der Waals surface area contributed by atoms with Crippen LogP contribution in [0, 0.1) is 11.0 Å². The summed E-state index contributed by atoms with van der Waals surface area (Å²) in [6.07, 6.45) is 4.82. The minimum Gasteiger partial charge on any atom is -0.633 e. The van der Waals surface area contributed by atoms with E-state index in [2.05, 4.69) is 20.3 Å². The normalized spacial score (nSPS) is 14.9. The van der Waals surface area contributed by atoms with Crippen molar-refractivity contribution in [3.63, 3.8) is 0 Å². The molecule has 12 heteroatoms. The Hall–Kier alpha value is -4.91. The average Bonchev–Trinajstić information content (AvgIpc) is 3.02. The van der Waals surface area contributed by atoms with Crippen molar-refractivity contribution >= 4 is 28.0 Å². The van der Waals surface area contributed by atoms with Crippen LogP contribution in [0.3, 0.4) is 0 Å². The Labute approximate surface area is 271 Å². The summed E-state index contributed by atoms with van der Waals surface area (Å²) in [5.41, 5.74) is 2.50. The Morgan fingerprint density at radius 1 is 1.04 bits per heavy atom. The molecule has 0 aliphatic carbocycles. The summed E-state index contributed by atoms with van der Waals surface area (Å²) in [7, 11) is 3.30. The van der Waals surface area contributed by atoms with Gasteiger partial charge in [0.2, 0.25) is 0 Å². The zero-order valence-electron chi connectivity index (χ0n) is 27.1. The number of piperazine rings is 1. The first-order valence-electron chi connectivity index (χ1n) is 15.5. The molecule has 6 rings (SSSR count). The summed E-state index contributed by atoms with van der Waals surface area (Å²) in [5, 5.41) is 30.6. The maximum absolute atomic E-state index is 15.4. The lowest BCUT2D eigenvalue weighted by molar-refractivity contribution is -0.861. The highest BCUT2D eigenvalue weighted by atomic mass is 19.1. The molecular formula is C35H38FN7O4. The Bertz CT molecular complexity index is 2090. The number of benzene rings is 2. The molecule has 0 radical (unpaired) electrons. The summed E-state index contributed by atoms with van der Waals surface area (Å²) in [4.78, 5) is 33.4. The summed E-state index contributed by atoms with van der Waals surface area (Å²) >= 11 is 0. The lowest BCUT2D eigenvalue weighted by atomic mass is 9.86. The molecule has 0 saturated carbocycles. The van der Waals surface area contributed by atoms with E-state index in [-0.39, 0.29) is 26.7 Å². The molecule has 4 heterocycles. The fourth-order valence-electron chi connectivity index (χ4n) is 5.93. The predicted octanol–water partition coefficient (Wildman–Crippen LogP) is 4.58. The lowest BCUT2D eigenvalue weighted by Gasteiger charge is -2.45. The van der Waals surface area contributed by atoms with Gasteiger partial charge in [-0.15, -0.1) is 0 Å². The van der Waals surface area contributed by atoms with Crippen LogP contribution >= 0.6 is 0 Å². The van der Waals surface area contributed by atoms with E-state index >= 15 is 4.39 Å². The van der Waals surface area contributed by atoms with Crippen molar-refractivity contribution in [2.75, 3.05) is 43.4 Å². The number of anilines is 3. The van der Waals surface area contributed by atoms with Gasteiger partial charge >= 0.3 is 0 Å². The largest absolute Gasteiger partial charge is 0.633 e. The molecule has 11 nitrogen and oxygen atoms in total. The predicted molar refractivity (Wildman–Crippen MR) is 182 cm³/mol. The first kappa shape index (κ1) is 32.0. The van der Waals surface area contributed by atoms with E-state index in [1.807, 2.05) is 26.8 Å². The Morgan fingerprint density at radius 2 is 1.79 bits per heavy atom. The molecule has 244 valence electrons. The first-order valence-corrected chi connectivity index (χ1v) is 15.5. The second kappa shape index (κ2) is 12.0. The Kier molecular flexibility index (Phi) is 8.20. The van der Waals surface area contributed by atoms with E-state index in [0.29, 0.717) is 59.8 Å². The summed E-state index contributed by atoms with van der Waals surface area (Å²) in [6, 6.07) is 13.6. The maximum Gasteiger partial charge on any atom is 0.282 e. The molecule has 1 aliphatic rings. The van der Waals surface area contributed by atoms with Gasteiger partial charge in [0.15, 0.2) is 0 Å². The van der Waals surface area contributed by atoms with Gasteiger partial charge in [0.25, 0.3) is 11.1 Å². The van der Waals surface area contributed by atoms with Gasteiger partial charge in [-0.3, -0.25) is 9.59 Å². The number of hydrogen-bond acceptors (Lipinski definition) is 8. The molecule has 2 N–H and O–H groups in total. The maximum atomic E-state index is 15.4. The number of halogens is 1. The molecule has 0 bridgehead atoms. The van der Waals surface area contributed by atoms with Crippen LogP contribution in [0.5, 0.6) is 0 Å². The summed E-state index contributed by atoms with van der Waals surface area (Å²) < 4.78 is 17.6. The van der Waals surface area contributed by atoms with Crippen molar-refractivity contribution in [1.82, 2.24) is 19.3 Å². The van der Waals surface area contributed by atoms with Gasteiger partial charge in [-0.1, -0.05) is 32.9 Å². The van der Waals surface area contributed by atoms with E-state index in [1.165, 1.54) is 16.8 Å². The fourth-order valence-corrected chi connectivity index (χ4v) is 5.93. The molecular weight excluding hydrogens is 601 g/mol. The van der Waals surface area contributed by atoms with Crippen LogP contribution in [0.15, 0.2) is 76.7 Å². The number of aryl methyl sites for hydroxylation is 1. The van der Waals surface area contributed by atoms with Crippen LogP contribution in [0.2, 0.25) is 0 Å². The number of likely N-dealkylation sites (N-methyl/N-ethyl adjacent to an activating group) is 1. The quantitative estimate of drug-likeness (QED) is 0.204. The van der Waals surface area contributed by atoms with Crippen LogP contribution in [-0.4, -0.2) is 62.3 Å². The Balaban J connectivity index is 1.35. The van der Waals surface area contributed by atoms with Crippen molar-refractivity contribution in [2.45, 2.75) is 32.8 Å². The second-order valence-electron chi connectivity index (χ2n) is 13.3. The third-order valence-corrected chi connectivity index (χ3v) is 8.80. The third kappa shape index (κ3) is 6.27. The molecule has 47 heavy (non-hydrogen) atoms. The van der Waals surface area contributed by atoms with Crippen molar-refractivity contribution < 1.29 is 14.1 Å². The summed E-state index contributed by atoms with van der Waals surface area (Å²) in [5.74, 6) is -0.171. The molecule has 0 amide bonds. The number of hydroxylamine groups is 3. The second-order valence-corrected chi connectivity index (χ2v) is 13.3. The van der Waals surface area contributed by atoms with Crippen LogP contribution in [0.1, 0.15) is 31.9 Å². The molecule has 3 aromatic heterocycles. The molecule has 5 aromatic rings. The Morgan fingerprint density at radius 3 is 2.45 bits per heavy atom. The molecule has 0 spiro atoms. The number of nitrogens with zero attached hydrogens (tertiary/aromatic N) is 6. The van der Waals surface area contributed by atoms with Crippen LogP contribution in [0.25, 0.3) is 27.6 Å². The van der Waals surface area contributed by atoms with Gasteiger partial charge in [-0.25, -0.2) is 9.37 Å². The van der Waals surface area contributed by atoms with Gasteiger partial charge < -0.3 is 29.7 Å². The SMILES string of the molecule is Cn1cc(-c2cccc(-n3ncc4cc(C(C)(C)C)cc(F)c4c3=O)c2CO)cc(Nc2ccc(N3CC[N+](C)([O-])CC3)cn2)c1=O. The molecule has 0 atom stereocenters. The topological polar surface area (TPSA) is 128 Å². The summed E-state index contributed by atoms with van der Waals surface area (Å²) in [6.45, 7) is 7.73. The highest BCUT2D eigenvalue weighted by Crippen LogP contribution is 2.31. The standard InChI is InChI=1S/C35H38FN7O4/c1-35(2,3)24-15-22-18-38-42(34(46)32(22)28(36)17-24)30-8-6-7-26(27(30)21-44)23-16-29(33(45)40(4)20-23)39-31-10-9-25(19-37-31)41-11-13-43(5,47)14-12-41/h6-10,15-20,44H,11-14,21H2,1-5H3,(H,37,39). The zero-order valence-corrected chi connectivity index (χ0v) is 27.1. The van der Waals surface area contributed by atoms with Gasteiger partial charge in [0.05, 0.1) is 69.0 Å². The monoisotopic (exact) mass is 639 g/mol. The van der Waals surface area contributed by atoms with Gasteiger partial charge in [-0.05, 0) is 52.9 Å². The molecule has 1 aliphatic heterocycles. The van der Waals surface area contributed by atoms with Crippen LogP contribution < -0.4 is 21.3 Å². The minimum absolute atomic E-state index is 0.0854.